The van der Waals surface area contributed by atoms with Gasteiger partial charge in [0.2, 0.25) is 0 Å². The molecule has 2 unspecified atom stereocenters. The molecule has 0 radical (unpaired) electrons. The highest BCUT2D eigenvalue weighted by molar-refractivity contribution is 5.49. The number of ether oxygens (including phenoxy) is 1. The van der Waals surface area contributed by atoms with Gasteiger partial charge in [-0.1, -0.05) is 19.1 Å². The van der Waals surface area contributed by atoms with Crippen LogP contribution in [0.4, 0.5) is 5.69 Å². The maximum Gasteiger partial charge on any atom is 0.0508 e. The molecular weight excluding hydrogens is 236 g/mol. The molecule has 1 N–H and O–H groups in total. The van der Waals surface area contributed by atoms with Crippen LogP contribution in [0.1, 0.15) is 31.4 Å². The molecule has 3 nitrogen and oxygen atoms in total. The summed E-state index contributed by atoms with van der Waals surface area (Å²) in [5.74, 6) is 0.686. The van der Waals surface area contributed by atoms with Gasteiger partial charge in [-0.15, -0.1) is 0 Å². The zero-order chi connectivity index (χ0) is 13.7. The molecule has 1 aromatic carbocycles. The Kier molecular flexibility index (Phi) is 5.23. The molecule has 106 valence electrons. The largest absolute Gasteiger partial charge is 0.384 e. The molecule has 2 atom stereocenters. The van der Waals surface area contributed by atoms with E-state index in [-0.39, 0.29) is 0 Å². The third kappa shape index (κ3) is 3.48. The molecule has 19 heavy (non-hydrogen) atoms. The Morgan fingerprint density at radius 1 is 1.37 bits per heavy atom. The number of nitrogens with zero attached hydrogens (tertiary/aromatic N) is 1. The molecule has 0 saturated carbocycles. The summed E-state index contributed by atoms with van der Waals surface area (Å²) in [6.07, 6.45) is 2.36. The van der Waals surface area contributed by atoms with Crippen LogP contribution in [-0.2, 0) is 4.74 Å². The second-order valence-corrected chi connectivity index (χ2v) is 5.40. The van der Waals surface area contributed by atoms with E-state index in [1.165, 1.54) is 17.7 Å². The van der Waals surface area contributed by atoms with Crippen molar-refractivity contribution in [3.05, 3.63) is 29.8 Å². The van der Waals surface area contributed by atoms with Crippen LogP contribution < -0.4 is 10.2 Å². The van der Waals surface area contributed by atoms with E-state index in [9.17, 15) is 0 Å². The molecule has 3 heteroatoms. The zero-order valence-corrected chi connectivity index (χ0v) is 12.4. The third-order valence-corrected chi connectivity index (χ3v) is 4.11. The van der Waals surface area contributed by atoms with Crippen molar-refractivity contribution in [1.82, 2.24) is 5.32 Å². The number of benzene rings is 1. The van der Waals surface area contributed by atoms with Crippen molar-refractivity contribution in [1.29, 1.82) is 0 Å². The lowest BCUT2D eigenvalue weighted by atomic mass is 10.0. The minimum absolute atomic E-state index is 0.467. The first kappa shape index (κ1) is 14.4. The van der Waals surface area contributed by atoms with Gasteiger partial charge in [0.15, 0.2) is 0 Å². The van der Waals surface area contributed by atoms with Crippen LogP contribution in [0.3, 0.4) is 0 Å². The summed E-state index contributed by atoms with van der Waals surface area (Å²) in [5.41, 5.74) is 2.72. The van der Waals surface area contributed by atoms with E-state index in [1.54, 1.807) is 7.11 Å². The van der Waals surface area contributed by atoms with Crippen molar-refractivity contribution in [3.8, 4) is 0 Å². The Morgan fingerprint density at radius 3 is 2.68 bits per heavy atom. The van der Waals surface area contributed by atoms with Crippen molar-refractivity contribution < 1.29 is 4.74 Å². The van der Waals surface area contributed by atoms with Crippen LogP contribution in [0.15, 0.2) is 24.3 Å². The van der Waals surface area contributed by atoms with Gasteiger partial charge in [-0.25, -0.2) is 0 Å². The SMILES string of the molecule is CCC(NC)c1ccc(N2CCC(COC)C2)cc1. The number of anilines is 1. The molecule has 1 aromatic rings. The summed E-state index contributed by atoms with van der Waals surface area (Å²) in [7, 11) is 3.82. The van der Waals surface area contributed by atoms with Gasteiger partial charge < -0.3 is 15.0 Å². The lowest BCUT2D eigenvalue weighted by Crippen LogP contribution is -2.21. The van der Waals surface area contributed by atoms with E-state index in [2.05, 4.69) is 41.4 Å². The molecule has 0 bridgehead atoms. The third-order valence-electron chi connectivity index (χ3n) is 4.11. The van der Waals surface area contributed by atoms with Crippen LogP contribution >= 0.6 is 0 Å². The average Bonchev–Trinajstić information content (AvgIpc) is 2.90. The second-order valence-electron chi connectivity index (χ2n) is 5.40. The molecule has 0 amide bonds. The summed E-state index contributed by atoms with van der Waals surface area (Å²) in [4.78, 5) is 2.47. The molecule has 1 saturated heterocycles. The van der Waals surface area contributed by atoms with Gasteiger partial charge in [-0.2, -0.15) is 0 Å². The number of nitrogens with one attached hydrogen (secondary N) is 1. The number of hydrogen-bond donors (Lipinski definition) is 1. The van der Waals surface area contributed by atoms with Crippen LogP contribution in [-0.4, -0.2) is 33.9 Å². The van der Waals surface area contributed by atoms with Crippen molar-refractivity contribution >= 4 is 5.69 Å². The fraction of sp³-hybridized carbons (Fsp3) is 0.625. The van der Waals surface area contributed by atoms with Crippen molar-refractivity contribution in [2.45, 2.75) is 25.8 Å². The standard InChI is InChI=1S/C16H26N2O/c1-4-16(17-2)14-5-7-15(8-6-14)18-10-9-13(11-18)12-19-3/h5-8,13,16-17H,4,9-12H2,1-3H3. The first-order valence-electron chi connectivity index (χ1n) is 7.29. The minimum atomic E-state index is 0.467. The molecule has 0 aliphatic carbocycles. The highest BCUT2D eigenvalue weighted by atomic mass is 16.5. The van der Waals surface area contributed by atoms with E-state index in [0.717, 1.165) is 26.1 Å². The summed E-state index contributed by atoms with van der Waals surface area (Å²) >= 11 is 0. The van der Waals surface area contributed by atoms with E-state index in [1.807, 2.05) is 7.05 Å². The van der Waals surface area contributed by atoms with Gasteiger partial charge in [0.1, 0.15) is 0 Å². The maximum atomic E-state index is 5.25. The highest BCUT2D eigenvalue weighted by Gasteiger charge is 2.22. The van der Waals surface area contributed by atoms with E-state index >= 15 is 0 Å². The van der Waals surface area contributed by atoms with Gasteiger partial charge >= 0.3 is 0 Å². The van der Waals surface area contributed by atoms with Crippen LogP contribution in [0.25, 0.3) is 0 Å². The number of rotatable bonds is 6. The van der Waals surface area contributed by atoms with Crippen molar-refractivity contribution in [2.24, 2.45) is 5.92 Å². The van der Waals surface area contributed by atoms with Gasteiger partial charge in [0.05, 0.1) is 6.61 Å². The van der Waals surface area contributed by atoms with Crippen molar-refractivity contribution in [3.63, 3.8) is 0 Å². The fourth-order valence-corrected chi connectivity index (χ4v) is 2.96. The fourth-order valence-electron chi connectivity index (χ4n) is 2.96. The number of methoxy groups -OCH3 is 1. The predicted octanol–water partition coefficient (Wildman–Crippen LogP) is 2.83. The first-order valence-corrected chi connectivity index (χ1v) is 7.29. The molecule has 1 aliphatic rings. The quantitative estimate of drug-likeness (QED) is 0.853. The van der Waals surface area contributed by atoms with Gasteiger partial charge in [-0.05, 0) is 37.6 Å². The van der Waals surface area contributed by atoms with Gasteiger partial charge in [0.25, 0.3) is 0 Å². The Hall–Kier alpha value is -1.06. The van der Waals surface area contributed by atoms with E-state index < -0.39 is 0 Å². The van der Waals surface area contributed by atoms with Crippen LogP contribution in [0, 0.1) is 5.92 Å². The lowest BCUT2D eigenvalue weighted by Gasteiger charge is -2.20. The second kappa shape index (κ2) is 6.92. The number of hydrogen-bond acceptors (Lipinski definition) is 3. The average molecular weight is 262 g/mol. The highest BCUT2D eigenvalue weighted by Crippen LogP contribution is 2.26. The monoisotopic (exact) mass is 262 g/mol. The minimum Gasteiger partial charge on any atom is -0.384 e. The van der Waals surface area contributed by atoms with Gasteiger partial charge in [0, 0.05) is 37.8 Å². The van der Waals surface area contributed by atoms with Crippen LogP contribution in [0.5, 0.6) is 0 Å². The summed E-state index contributed by atoms with van der Waals surface area (Å²) in [6.45, 7) is 5.37. The summed E-state index contributed by atoms with van der Waals surface area (Å²) in [5, 5.41) is 3.35. The molecule has 1 heterocycles. The van der Waals surface area contributed by atoms with Crippen molar-refractivity contribution in [2.75, 3.05) is 38.8 Å². The maximum absolute atomic E-state index is 5.25. The Bertz CT molecular complexity index is 373. The smallest absolute Gasteiger partial charge is 0.0508 e. The normalized spacial score (nSPS) is 20.8. The Morgan fingerprint density at radius 2 is 2.11 bits per heavy atom. The molecule has 0 spiro atoms. The van der Waals surface area contributed by atoms with Crippen LogP contribution in [0.2, 0.25) is 0 Å². The molecule has 0 aromatic heterocycles. The molecule has 1 fully saturated rings. The molecule has 2 rings (SSSR count). The van der Waals surface area contributed by atoms with Gasteiger partial charge in [-0.3, -0.25) is 0 Å². The summed E-state index contributed by atoms with van der Waals surface area (Å²) < 4.78 is 5.25. The Balaban J connectivity index is 1.99. The zero-order valence-electron chi connectivity index (χ0n) is 12.4. The predicted molar refractivity (Wildman–Crippen MR) is 80.7 cm³/mol. The molecule has 1 aliphatic heterocycles. The first-order chi connectivity index (χ1) is 9.28. The topological polar surface area (TPSA) is 24.5 Å². The van der Waals surface area contributed by atoms with E-state index in [0.29, 0.717) is 12.0 Å². The lowest BCUT2D eigenvalue weighted by molar-refractivity contribution is 0.161. The molecular formula is C16H26N2O. The summed E-state index contributed by atoms with van der Waals surface area (Å²) in [6, 6.07) is 9.48. The Labute approximate surface area is 116 Å². The van der Waals surface area contributed by atoms with E-state index in [4.69, 9.17) is 4.74 Å².